The molecule has 33 heavy (non-hydrogen) atoms. The topological polar surface area (TPSA) is 104 Å². The van der Waals surface area contributed by atoms with E-state index in [2.05, 4.69) is 11.1 Å². The van der Waals surface area contributed by atoms with Crippen molar-refractivity contribution in [2.24, 2.45) is 21.7 Å². The summed E-state index contributed by atoms with van der Waals surface area (Å²) in [5, 5.41) is 20.8. The lowest BCUT2D eigenvalue weighted by atomic mass is 9.69. The Morgan fingerprint density at radius 2 is 1.82 bits per heavy atom. The van der Waals surface area contributed by atoms with Crippen LogP contribution >= 0.6 is 0 Å². The normalized spacial score (nSPS) is 28.1. The fourth-order valence-electron chi connectivity index (χ4n) is 4.91. The highest BCUT2D eigenvalue weighted by Crippen LogP contribution is 2.46. The van der Waals surface area contributed by atoms with Crippen LogP contribution in [0.4, 0.5) is 0 Å². The van der Waals surface area contributed by atoms with Crippen LogP contribution in [-0.2, 0) is 0 Å². The maximum atomic E-state index is 10.3. The Bertz CT molecular complexity index is 1390. The maximum absolute atomic E-state index is 10.3. The minimum Gasteiger partial charge on any atom is -0.393 e. The number of quaternary nitrogens is 1. The molecule has 1 saturated carbocycles. The van der Waals surface area contributed by atoms with E-state index in [0.717, 1.165) is 39.1 Å². The number of aliphatic hydroxyl groups excluding tert-OH is 1. The van der Waals surface area contributed by atoms with Gasteiger partial charge >= 0.3 is 0 Å². The molecule has 0 amide bonds. The van der Waals surface area contributed by atoms with Crippen molar-refractivity contribution in [3.63, 3.8) is 0 Å². The first-order valence-electron chi connectivity index (χ1n) is 11.0. The Hall–Kier alpha value is -3.49. The zero-order chi connectivity index (χ0) is 22.6. The van der Waals surface area contributed by atoms with E-state index in [9.17, 15) is 10.2 Å². The van der Waals surface area contributed by atoms with Crippen LogP contribution in [-0.4, -0.2) is 44.0 Å². The zero-order valence-electron chi connectivity index (χ0n) is 18.0. The third kappa shape index (κ3) is 3.17. The largest absolute Gasteiger partial charge is 0.393 e. The Balaban J connectivity index is 1.42. The molecule has 164 valence electrons. The van der Waals surface area contributed by atoms with Gasteiger partial charge in [-0.1, -0.05) is 42.5 Å². The summed E-state index contributed by atoms with van der Waals surface area (Å²) in [6.45, 7) is -0.251. The van der Waals surface area contributed by atoms with E-state index >= 15 is 0 Å². The first-order valence-corrected chi connectivity index (χ1v) is 11.0. The molecule has 1 atom stereocenters. The van der Waals surface area contributed by atoms with Gasteiger partial charge in [-0.25, -0.2) is 4.98 Å². The molecule has 1 aromatic heterocycles. The quantitative estimate of drug-likeness (QED) is 0.430. The molecular formula is C26H24N5O2+. The predicted molar refractivity (Wildman–Crippen MR) is 128 cm³/mol. The van der Waals surface area contributed by atoms with Crippen LogP contribution in [0.1, 0.15) is 18.4 Å². The first kappa shape index (κ1) is 20.1. The van der Waals surface area contributed by atoms with E-state index in [1.54, 1.807) is 12.4 Å². The van der Waals surface area contributed by atoms with Crippen LogP contribution in [0, 0.1) is 5.92 Å². The molecule has 0 bridgehead atoms. The van der Waals surface area contributed by atoms with Crippen molar-refractivity contribution in [2.75, 3.05) is 6.61 Å². The molecule has 3 heterocycles. The highest BCUT2D eigenvalue weighted by molar-refractivity contribution is 6.02. The van der Waals surface area contributed by atoms with E-state index in [1.807, 2.05) is 60.8 Å². The SMILES string of the molecule is N[N+]12C=CN=CC1=C(C1CC(O)(CO)C1)N=C2c1ccc2ccc(-c3ccccc3)nc2c1. The van der Waals surface area contributed by atoms with Gasteiger partial charge in [-0.15, -0.1) is 4.59 Å². The van der Waals surface area contributed by atoms with Gasteiger partial charge in [0.25, 0.3) is 5.84 Å². The van der Waals surface area contributed by atoms with Crippen molar-refractivity contribution in [2.45, 2.75) is 18.4 Å². The molecule has 0 radical (unpaired) electrons. The fraction of sp³-hybridized carbons (Fsp3) is 0.192. The number of allylic oxidation sites excluding steroid dienone is 2. The molecule has 0 spiro atoms. The molecule has 4 N–H and O–H groups in total. The Morgan fingerprint density at radius 1 is 1.03 bits per heavy atom. The number of benzene rings is 2. The standard InChI is InChI=1S/C26H24N5O2/c27-31-11-10-28-15-23(31)24(20-13-26(33,14-20)16-32)30-25(31)19-7-6-18-8-9-21(29-22(18)12-19)17-4-2-1-3-5-17/h1-12,15,20,32-33H,13-14,16,27H2/q+1. The van der Waals surface area contributed by atoms with E-state index in [-0.39, 0.29) is 17.1 Å². The monoisotopic (exact) mass is 438 g/mol. The van der Waals surface area contributed by atoms with Gasteiger partial charge in [-0.3, -0.25) is 4.99 Å². The second kappa shape index (κ2) is 7.26. The summed E-state index contributed by atoms with van der Waals surface area (Å²) in [5.41, 5.74) is 4.30. The first-order chi connectivity index (χ1) is 16.0. The lowest BCUT2D eigenvalue weighted by Crippen LogP contribution is -2.53. The van der Waals surface area contributed by atoms with Crippen LogP contribution in [0.2, 0.25) is 0 Å². The summed E-state index contributed by atoms with van der Waals surface area (Å²) < 4.78 is -0.0726. The number of aliphatic hydroxyl groups is 2. The second-order valence-electron chi connectivity index (χ2n) is 9.02. The van der Waals surface area contributed by atoms with Crippen molar-refractivity contribution < 1.29 is 14.8 Å². The number of fused-ring (bicyclic) bond motifs is 2. The van der Waals surface area contributed by atoms with Gasteiger partial charge in [-0.2, -0.15) is 10.8 Å². The third-order valence-electron chi connectivity index (χ3n) is 6.78. The van der Waals surface area contributed by atoms with Crippen molar-refractivity contribution in [3.05, 3.63) is 90.0 Å². The number of amidine groups is 1. The predicted octanol–water partition coefficient (Wildman–Crippen LogP) is 3.25. The number of nitrogens with zero attached hydrogens (tertiary/aromatic N) is 4. The third-order valence-corrected chi connectivity index (χ3v) is 6.78. The van der Waals surface area contributed by atoms with E-state index in [4.69, 9.17) is 15.8 Å². The summed E-state index contributed by atoms with van der Waals surface area (Å²) in [6, 6.07) is 20.3. The fourth-order valence-corrected chi connectivity index (χ4v) is 4.91. The molecule has 2 aromatic carbocycles. The highest BCUT2D eigenvalue weighted by atomic mass is 16.3. The minimum atomic E-state index is -1.04. The van der Waals surface area contributed by atoms with Crippen molar-refractivity contribution in [1.82, 2.24) is 4.98 Å². The van der Waals surface area contributed by atoms with E-state index < -0.39 is 5.60 Å². The number of hydrogen-bond acceptors (Lipinski definition) is 6. The van der Waals surface area contributed by atoms with Crippen molar-refractivity contribution >= 4 is 23.0 Å². The molecule has 1 unspecified atom stereocenters. The molecule has 7 nitrogen and oxygen atoms in total. The van der Waals surface area contributed by atoms with Crippen molar-refractivity contribution in [1.29, 1.82) is 0 Å². The lowest BCUT2D eigenvalue weighted by Gasteiger charge is -2.42. The van der Waals surface area contributed by atoms with Crippen LogP contribution in [0.15, 0.2) is 94.4 Å². The molecular weight excluding hydrogens is 414 g/mol. The van der Waals surface area contributed by atoms with Gasteiger partial charge in [0.15, 0.2) is 0 Å². The zero-order valence-corrected chi connectivity index (χ0v) is 18.0. The number of hydrogen-bond donors (Lipinski definition) is 3. The summed E-state index contributed by atoms with van der Waals surface area (Å²) in [6.07, 6.45) is 6.15. The van der Waals surface area contributed by atoms with E-state index in [0.29, 0.717) is 18.7 Å². The summed E-state index contributed by atoms with van der Waals surface area (Å²) in [5.74, 6) is 7.57. The smallest absolute Gasteiger partial charge is 0.264 e. The van der Waals surface area contributed by atoms with Gasteiger partial charge < -0.3 is 10.2 Å². The number of nitrogens with two attached hydrogens (primary N) is 1. The molecule has 3 aliphatic rings. The Kier molecular flexibility index (Phi) is 4.43. The summed E-state index contributed by atoms with van der Waals surface area (Å²) in [7, 11) is 0. The Labute approximate surface area is 191 Å². The molecule has 7 heteroatoms. The van der Waals surface area contributed by atoms with Gasteiger partial charge in [0.05, 0.1) is 41.4 Å². The highest BCUT2D eigenvalue weighted by Gasteiger charge is 2.51. The van der Waals surface area contributed by atoms with Crippen LogP contribution in [0.5, 0.6) is 0 Å². The van der Waals surface area contributed by atoms with Gasteiger partial charge in [-0.05, 0) is 31.0 Å². The minimum absolute atomic E-state index is 0.0249. The molecule has 2 aliphatic heterocycles. The summed E-state index contributed by atoms with van der Waals surface area (Å²) >= 11 is 0. The molecule has 1 aliphatic carbocycles. The van der Waals surface area contributed by atoms with Gasteiger partial charge in [0.2, 0.25) is 5.70 Å². The Morgan fingerprint density at radius 3 is 2.61 bits per heavy atom. The van der Waals surface area contributed by atoms with E-state index in [1.165, 1.54) is 0 Å². The number of aliphatic imine (C=N–C) groups is 2. The number of aromatic nitrogens is 1. The maximum Gasteiger partial charge on any atom is 0.264 e. The van der Waals surface area contributed by atoms with Crippen LogP contribution in [0.3, 0.4) is 0 Å². The summed E-state index contributed by atoms with van der Waals surface area (Å²) in [4.78, 5) is 14.1. The molecule has 6 rings (SSSR count). The number of pyridine rings is 1. The molecule has 0 saturated heterocycles. The average Bonchev–Trinajstić information content (AvgIpc) is 3.14. The van der Waals surface area contributed by atoms with Gasteiger partial charge in [0.1, 0.15) is 11.9 Å². The van der Waals surface area contributed by atoms with Crippen LogP contribution < -0.4 is 5.84 Å². The number of rotatable bonds is 4. The van der Waals surface area contributed by atoms with Crippen LogP contribution in [0.25, 0.3) is 22.2 Å². The molecule has 3 aromatic rings. The second-order valence-corrected chi connectivity index (χ2v) is 9.02. The molecule has 1 fully saturated rings. The van der Waals surface area contributed by atoms with Crippen molar-refractivity contribution in [3.8, 4) is 11.3 Å². The average molecular weight is 439 g/mol. The lowest BCUT2D eigenvalue weighted by molar-refractivity contribution is -0.750. The van der Waals surface area contributed by atoms with Gasteiger partial charge in [0, 0.05) is 16.9 Å².